The van der Waals surface area contributed by atoms with Crippen LogP contribution in [-0.4, -0.2) is 9.97 Å². The molecule has 1 atom stereocenters. The molecule has 0 aliphatic carbocycles. The average Bonchev–Trinajstić information content (AvgIpc) is 3.27. The minimum Gasteiger partial charge on any atom is -0.289 e. The molecule has 1 aliphatic heterocycles. The zero-order chi connectivity index (χ0) is 36.8. The molecular formula is C50H34N3OP. The van der Waals surface area contributed by atoms with E-state index in [4.69, 9.17) is 9.97 Å². The van der Waals surface area contributed by atoms with Gasteiger partial charge in [0, 0.05) is 44.1 Å². The van der Waals surface area contributed by atoms with Crippen molar-refractivity contribution in [2.24, 2.45) is 0 Å². The first-order chi connectivity index (χ1) is 27.2. The van der Waals surface area contributed by atoms with E-state index in [2.05, 4.69) is 126 Å². The normalized spacial score (nSPS) is 14.7. The Balaban J connectivity index is 1.24. The van der Waals surface area contributed by atoms with Crippen LogP contribution in [0, 0.1) is 0 Å². The fourth-order valence-corrected chi connectivity index (χ4v) is 11.2. The number of hydrogen-bond acceptors (Lipinski definition) is 3. The Hall–Kier alpha value is -6.87. The Labute approximate surface area is 320 Å². The fourth-order valence-electron chi connectivity index (χ4n) is 7.94. The van der Waals surface area contributed by atoms with Gasteiger partial charge in [0.25, 0.3) is 0 Å². The number of fused-ring (bicyclic) bond motifs is 4. The Bertz CT molecular complexity index is 2850. The summed E-state index contributed by atoms with van der Waals surface area (Å²) in [6.07, 6.45) is 0. The number of nitrogens with zero attached hydrogens (tertiary/aromatic N) is 3. The van der Waals surface area contributed by atoms with Crippen LogP contribution in [0.4, 0.5) is 11.4 Å². The minimum atomic E-state index is -3.65. The predicted octanol–water partition coefficient (Wildman–Crippen LogP) is 12.3. The highest BCUT2D eigenvalue weighted by Gasteiger charge is 2.44. The molecule has 1 aromatic heterocycles. The zero-order valence-electron chi connectivity index (χ0n) is 29.8. The Morgan fingerprint density at radius 3 is 1.67 bits per heavy atom. The second-order valence-electron chi connectivity index (χ2n) is 13.7. The molecule has 0 bridgehead atoms. The molecule has 9 aromatic rings. The quantitative estimate of drug-likeness (QED) is 0.160. The van der Waals surface area contributed by atoms with Crippen LogP contribution < -0.4 is 15.3 Å². The van der Waals surface area contributed by atoms with E-state index in [0.717, 1.165) is 83.1 Å². The summed E-state index contributed by atoms with van der Waals surface area (Å²) in [4.78, 5) is 10.3. The number of aromatic nitrogens is 2. The second-order valence-corrected chi connectivity index (χ2v) is 16.2. The molecule has 1 aliphatic rings. The van der Waals surface area contributed by atoms with E-state index in [1.807, 2.05) is 84.9 Å². The summed E-state index contributed by atoms with van der Waals surface area (Å²) in [6.45, 7) is 0. The fraction of sp³-hybridized carbons (Fsp3) is 0. The van der Waals surface area contributed by atoms with Crippen molar-refractivity contribution in [1.82, 2.24) is 9.97 Å². The predicted molar refractivity (Wildman–Crippen MR) is 229 cm³/mol. The summed E-state index contributed by atoms with van der Waals surface area (Å²) in [5.41, 5.74) is 10.4. The smallest absolute Gasteiger partial charge is 0.235 e. The molecule has 8 aromatic carbocycles. The number of rotatable bonds is 6. The lowest BCUT2D eigenvalue weighted by atomic mass is 9.93. The van der Waals surface area contributed by atoms with Crippen molar-refractivity contribution in [2.45, 2.75) is 0 Å². The molecule has 4 nitrogen and oxygen atoms in total. The molecule has 55 heavy (non-hydrogen) atoms. The summed E-state index contributed by atoms with van der Waals surface area (Å²) >= 11 is 0. The van der Waals surface area contributed by atoms with Gasteiger partial charge in [-0.2, -0.15) is 0 Å². The van der Waals surface area contributed by atoms with Crippen molar-refractivity contribution in [1.29, 1.82) is 0 Å². The lowest BCUT2D eigenvalue weighted by molar-refractivity contribution is 0.587. The van der Waals surface area contributed by atoms with Gasteiger partial charge in [-0.15, -0.1) is 0 Å². The highest BCUT2D eigenvalue weighted by molar-refractivity contribution is 7.81. The largest absolute Gasteiger partial charge is 0.289 e. The van der Waals surface area contributed by atoms with E-state index < -0.39 is 7.29 Å². The summed E-state index contributed by atoms with van der Waals surface area (Å²) in [6, 6.07) is 70.2. The van der Waals surface area contributed by atoms with Gasteiger partial charge in [0.05, 0.1) is 17.1 Å². The minimum absolute atomic E-state index is 0.596. The van der Waals surface area contributed by atoms with Gasteiger partial charge in [0.2, 0.25) is 7.29 Å². The van der Waals surface area contributed by atoms with E-state index in [-0.39, 0.29) is 0 Å². The molecule has 260 valence electrons. The molecule has 2 heterocycles. The van der Waals surface area contributed by atoms with Crippen molar-refractivity contribution in [3.05, 3.63) is 206 Å². The molecular weight excluding hydrogens is 690 g/mol. The van der Waals surface area contributed by atoms with Gasteiger partial charge in [-0.1, -0.05) is 170 Å². The summed E-state index contributed by atoms with van der Waals surface area (Å²) in [5, 5.41) is 3.62. The van der Waals surface area contributed by atoms with E-state index in [0.29, 0.717) is 5.82 Å². The Morgan fingerprint density at radius 2 is 0.945 bits per heavy atom. The first-order valence-corrected chi connectivity index (χ1v) is 20.1. The third kappa shape index (κ3) is 5.58. The van der Waals surface area contributed by atoms with Gasteiger partial charge in [0.15, 0.2) is 5.82 Å². The maximum Gasteiger partial charge on any atom is 0.235 e. The van der Waals surface area contributed by atoms with Crippen molar-refractivity contribution < 1.29 is 4.57 Å². The van der Waals surface area contributed by atoms with E-state index in [1.165, 1.54) is 0 Å². The Kier molecular flexibility index (Phi) is 8.05. The maximum absolute atomic E-state index is 17.0. The second kappa shape index (κ2) is 13.5. The van der Waals surface area contributed by atoms with Gasteiger partial charge in [-0.05, 0) is 58.3 Å². The van der Waals surface area contributed by atoms with Gasteiger partial charge < -0.3 is 0 Å². The zero-order valence-corrected chi connectivity index (χ0v) is 30.7. The topological polar surface area (TPSA) is 46.1 Å². The third-order valence-corrected chi connectivity index (χ3v) is 13.5. The molecule has 0 saturated carbocycles. The average molecular weight is 724 g/mol. The Morgan fingerprint density at radius 1 is 0.418 bits per heavy atom. The third-order valence-electron chi connectivity index (χ3n) is 10.4. The van der Waals surface area contributed by atoms with Crippen molar-refractivity contribution in [3.63, 3.8) is 0 Å². The van der Waals surface area contributed by atoms with Crippen molar-refractivity contribution in [3.8, 4) is 56.2 Å². The van der Waals surface area contributed by atoms with Crippen LogP contribution in [0.3, 0.4) is 0 Å². The van der Waals surface area contributed by atoms with Crippen LogP contribution in [0.2, 0.25) is 0 Å². The molecule has 0 N–H and O–H groups in total. The molecule has 0 amide bonds. The molecule has 10 rings (SSSR count). The summed E-state index contributed by atoms with van der Waals surface area (Å²) in [7, 11) is -3.65. The van der Waals surface area contributed by atoms with Gasteiger partial charge in [-0.25, -0.2) is 9.97 Å². The first kappa shape index (κ1) is 32.8. The van der Waals surface area contributed by atoms with E-state index >= 15 is 4.57 Å². The molecule has 0 saturated heterocycles. The van der Waals surface area contributed by atoms with Crippen LogP contribution in [0.25, 0.3) is 66.9 Å². The van der Waals surface area contributed by atoms with Crippen molar-refractivity contribution in [2.75, 3.05) is 4.67 Å². The maximum atomic E-state index is 17.0. The summed E-state index contributed by atoms with van der Waals surface area (Å²) < 4.78 is 19.1. The molecule has 0 spiro atoms. The molecule has 5 heteroatoms. The number of hydrogen-bond donors (Lipinski definition) is 0. The van der Waals surface area contributed by atoms with E-state index in [1.54, 1.807) is 0 Å². The van der Waals surface area contributed by atoms with Crippen LogP contribution in [-0.2, 0) is 4.57 Å². The molecule has 0 fully saturated rings. The van der Waals surface area contributed by atoms with Gasteiger partial charge >= 0.3 is 0 Å². The first-order valence-electron chi connectivity index (χ1n) is 18.4. The number of para-hydroxylation sites is 1. The standard InChI is InChI=1S/C50H34N3OP/c54-55(47-31-15-24-35-19-10-11-27-41(35)47)48-32-16-29-42(36-17-4-1-5-18-36)49(48)43-28-12-13-30-46(43)53(55)40-26-14-25-39(33-40)50-51-44(37-20-6-2-7-21-37)34-45(52-50)38-22-8-3-9-23-38/h1-34H. The monoisotopic (exact) mass is 723 g/mol. The van der Waals surface area contributed by atoms with Gasteiger partial charge in [-0.3, -0.25) is 9.24 Å². The number of anilines is 2. The number of benzene rings is 8. The SMILES string of the molecule is O=P1(c2cccc3ccccc23)c2cccc(-c3ccccc3)c2-c2ccccc2N1c1cccc(-c2nc(-c3ccccc3)cc(-c3ccccc3)n2)c1. The van der Waals surface area contributed by atoms with Crippen LogP contribution in [0.5, 0.6) is 0 Å². The highest BCUT2D eigenvalue weighted by Crippen LogP contribution is 2.63. The lowest BCUT2D eigenvalue weighted by Gasteiger charge is -2.41. The lowest BCUT2D eigenvalue weighted by Crippen LogP contribution is -2.34. The van der Waals surface area contributed by atoms with E-state index in [9.17, 15) is 0 Å². The van der Waals surface area contributed by atoms with Crippen molar-refractivity contribution >= 4 is 40.0 Å². The van der Waals surface area contributed by atoms with Crippen LogP contribution in [0.15, 0.2) is 206 Å². The molecule has 1 unspecified atom stereocenters. The van der Waals surface area contributed by atoms with Crippen LogP contribution >= 0.6 is 7.29 Å². The molecule has 0 radical (unpaired) electrons. The highest BCUT2D eigenvalue weighted by atomic mass is 31.2. The van der Waals surface area contributed by atoms with Gasteiger partial charge in [0.1, 0.15) is 0 Å². The summed E-state index contributed by atoms with van der Waals surface area (Å²) in [5.74, 6) is 0.596. The van der Waals surface area contributed by atoms with Crippen LogP contribution in [0.1, 0.15) is 0 Å².